The van der Waals surface area contributed by atoms with Gasteiger partial charge in [-0.3, -0.25) is 0 Å². The van der Waals surface area contributed by atoms with Crippen molar-refractivity contribution < 1.29 is 9.62 Å². The molecule has 1 rings (SSSR count). The summed E-state index contributed by atoms with van der Waals surface area (Å²) in [5, 5.41) is 10.8. The molecule has 0 saturated carbocycles. The van der Waals surface area contributed by atoms with Crippen molar-refractivity contribution in [3.8, 4) is 0 Å². The van der Waals surface area contributed by atoms with Crippen molar-refractivity contribution in [1.29, 1.82) is 0 Å². The minimum atomic E-state index is 0.373. The number of rotatable bonds is 1. The summed E-state index contributed by atoms with van der Waals surface area (Å²) in [7, 11) is 0. The van der Waals surface area contributed by atoms with Crippen molar-refractivity contribution in [3.63, 3.8) is 0 Å². The summed E-state index contributed by atoms with van der Waals surface area (Å²) in [6.45, 7) is 0. The molecule has 4 nitrogen and oxygen atoms in total. The Morgan fingerprint density at radius 2 is 2.67 bits per heavy atom. The maximum absolute atomic E-state index is 8.00. The van der Waals surface area contributed by atoms with Crippen LogP contribution in [0.1, 0.15) is 5.69 Å². The van der Waals surface area contributed by atoms with Crippen LogP contribution in [0.2, 0.25) is 0 Å². The lowest BCUT2D eigenvalue weighted by atomic mass is 10.5. The third kappa shape index (κ3) is 1.53. The average molecular weight is 191 g/mol. The molecule has 1 heterocycles. The van der Waals surface area contributed by atoms with Crippen LogP contribution in [0.25, 0.3) is 0 Å². The molecule has 0 amide bonds. The van der Waals surface area contributed by atoms with Gasteiger partial charge in [-0.05, 0) is 0 Å². The highest BCUT2D eigenvalue weighted by Gasteiger charge is 1.94. The van der Waals surface area contributed by atoms with Gasteiger partial charge in [0, 0.05) is 15.9 Å². The van der Waals surface area contributed by atoms with E-state index in [1.165, 1.54) is 12.5 Å². The van der Waals surface area contributed by atoms with Gasteiger partial charge in [0.05, 0.1) is 6.21 Å². The Hall–Kier alpha value is -0.840. The Labute approximate surface area is 59.3 Å². The summed E-state index contributed by atoms with van der Waals surface area (Å²) in [5.41, 5.74) is 0.476. The van der Waals surface area contributed by atoms with E-state index < -0.39 is 0 Å². The molecule has 1 aromatic rings. The van der Waals surface area contributed by atoms with Gasteiger partial charge in [0.25, 0.3) is 4.80 Å². The Balaban J connectivity index is 2.85. The maximum Gasteiger partial charge on any atom is 0.264 e. The second kappa shape index (κ2) is 2.63. The standard InChI is InChI=1S/C4H3BrN2O2/c5-4-7-3(1-6-8)2-9-4/h1-2,8H/b6-1+. The molecule has 1 N–H and O–H groups in total. The van der Waals surface area contributed by atoms with Gasteiger partial charge in [0.1, 0.15) is 12.0 Å². The number of hydrogen-bond acceptors (Lipinski definition) is 4. The summed E-state index contributed by atoms with van der Waals surface area (Å²) >= 11 is 2.98. The molecule has 0 fully saturated rings. The van der Waals surface area contributed by atoms with E-state index in [1.54, 1.807) is 0 Å². The van der Waals surface area contributed by atoms with Gasteiger partial charge in [0.15, 0.2) is 0 Å². The molecule has 9 heavy (non-hydrogen) atoms. The largest absolute Gasteiger partial charge is 0.439 e. The van der Waals surface area contributed by atoms with Crippen LogP contribution < -0.4 is 0 Å². The molecule has 0 aliphatic heterocycles. The zero-order valence-electron chi connectivity index (χ0n) is 4.28. The quantitative estimate of drug-likeness (QED) is 0.412. The Kier molecular flexibility index (Phi) is 1.84. The average Bonchev–Trinajstić information content (AvgIpc) is 2.17. The smallest absolute Gasteiger partial charge is 0.264 e. The lowest BCUT2D eigenvalue weighted by Gasteiger charge is -1.71. The molecule has 48 valence electrons. The minimum absolute atomic E-state index is 0.373. The van der Waals surface area contributed by atoms with Gasteiger partial charge < -0.3 is 9.62 Å². The third-order valence-electron chi connectivity index (χ3n) is 0.684. The first-order valence-corrected chi connectivity index (χ1v) is 2.90. The second-order valence-electron chi connectivity index (χ2n) is 1.27. The first-order chi connectivity index (χ1) is 4.33. The highest BCUT2D eigenvalue weighted by Crippen LogP contribution is 2.06. The van der Waals surface area contributed by atoms with Gasteiger partial charge in [-0.25, -0.2) is 4.98 Å². The third-order valence-corrected chi connectivity index (χ3v) is 1.05. The van der Waals surface area contributed by atoms with Crippen LogP contribution >= 0.6 is 15.9 Å². The number of oxime groups is 1. The zero-order chi connectivity index (χ0) is 6.69. The second-order valence-corrected chi connectivity index (χ2v) is 1.95. The summed E-state index contributed by atoms with van der Waals surface area (Å²) in [5.74, 6) is 0. The molecule has 0 atom stereocenters. The summed E-state index contributed by atoms with van der Waals surface area (Å²) in [6.07, 6.45) is 2.54. The van der Waals surface area contributed by atoms with Crippen LogP contribution in [-0.4, -0.2) is 16.4 Å². The van der Waals surface area contributed by atoms with Crippen LogP contribution in [0.4, 0.5) is 0 Å². The molecule has 0 saturated heterocycles. The minimum Gasteiger partial charge on any atom is -0.439 e. The van der Waals surface area contributed by atoms with Crippen LogP contribution in [0.3, 0.4) is 0 Å². The summed E-state index contributed by atoms with van der Waals surface area (Å²) in [6, 6.07) is 0. The van der Waals surface area contributed by atoms with E-state index in [4.69, 9.17) is 9.62 Å². The predicted octanol–water partition coefficient (Wildman–Crippen LogP) is 1.25. The molecular weight excluding hydrogens is 188 g/mol. The number of oxazole rings is 1. The number of hydrogen-bond donors (Lipinski definition) is 1. The molecule has 1 aromatic heterocycles. The molecular formula is C4H3BrN2O2. The Morgan fingerprint density at radius 1 is 1.89 bits per heavy atom. The highest BCUT2D eigenvalue weighted by atomic mass is 79.9. The van der Waals surface area contributed by atoms with Crippen LogP contribution in [-0.2, 0) is 0 Å². The van der Waals surface area contributed by atoms with E-state index in [1.807, 2.05) is 0 Å². The van der Waals surface area contributed by atoms with Gasteiger partial charge in [0.2, 0.25) is 0 Å². The lowest BCUT2D eigenvalue weighted by molar-refractivity contribution is 0.321. The Bertz CT molecular complexity index is 220. The fourth-order valence-electron chi connectivity index (χ4n) is 0.382. The van der Waals surface area contributed by atoms with E-state index in [2.05, 4.69) is 26.1 Å². The first-order valence-electron chi connectivity index (χ1n) is 2.11. The first kappa shape index (κ1) is 6.28. The van der Waals surface area contributed by atoms with Crippen LogP contribution in [0.15, 0.2) is 20.6 Å². The molecule has 0 radical (unpaired) electrons. The number of halogens is 1. The van der Waals surface area contributed by atoms with Crippen molar-refractivity contribution in [3.05, 3.63) is 16.8 Å². The SMILES string of the molecule is O/N=C/c1coc(Br)n1. The van der Waals surface area contributed by atoms with Gasteiger partial charge in [-0.15, -0.1) is 0 Å². The van der Waals surface area contributed by atoms with E-state index in [0.29, 0.717) is 10.5 Å². The fraction of sp³-hybridized carbons (Fsp3) is 0. The maximum atomic E-state index is 8.00. The van der Waals surface area contributed by atoms with Crippen molar-refractivity contribution in [2.24, 2.45) is 5.16 Å². The number of aromatic nitrogens is 1. The molecule has 0 spiro atoms. The van der Waals surface area contributed by atoms with Gasteiger partial charge >= 0.3 is 0 Å². The molecule has 5 heteroatoms. The van der Waals surface area contributed by atoms with E-state index in [-0.39, 0.29) is 0 Å². The van der Waals surface area contributed by atoms with Crippen molar-refractivity contribution >= 4 is 22.1 Å². The van der Waals surface area contributed by atoms with Crippen LogP contribution in [0.5, 0.6) is 0 Å². The predicted molar refractivity (Wildman–Crippen MR) is 33.6 cm³/mol. The van der Waals surface area contributed by atoms with Crippen molar-refractivity contribution in [2.75, 3.05) is 0 Å². The summed E-state index contributed by atoms with van der Waals surface area (Å²) < 4.78 is 4.72. The van der Waals surface area contributed by atoms with Crippen LogP contribution in [0, 0.1) is 0 Å². The lowest BCUT2D eigenvalue weighted by Crippen LogP contribution is -1.77. The molecule has 0 aliphatic rings. The highest BCUT2D eigenvalue weighted by molar-refractivity contribution is 9.10. The monoisotopic (exact) mass is 190 g/mol. The van der Waals surface area contributed by atoms with E-state index in [9.17, 15) is 0 Å². The fourth-order valence-corrected chi connectivity index (χ4v) is 0.680. The van der Waals surface area contributed by atoms with Gasteiger partial charge in [-0.2, -0.15) is 0 Å². The topological polar surface area (TPSA) is 58.6 Å². The molecule has 0 unspecified atom stereocenters. The van der Waals surface area contributed by atoms with E-state index >= 15 is 0 Å². The molecule has 0 aliphatic carbocycles. The van der Waals surface area contributed by atoms with E-state index in [0.717, 1.165) is 0 Å². The normalized spacial score (nSPS) is 10.8. The van der Waals surface area contributed by atoms with Crippen molar-refractivity contribution in [1.82, 2.24) is 4.98 Å². The zero-order valence-corrected chi connectivity index (χ0v) is 5.87. The van der Waals surface area contributed by atoms with Crippen molar-refractivity contribution in [2.45, 2.75) is 0 Å². The van der Waals surface area contributed by atoms with Gasteiger partial charge in [-0.1, -0.05) is 5.16 Å². The summed E-state index contributed by atoms with van der Waals surface area (Å²) in [4.78, 5) is 4.11. The number of nitrogens with zero attached hydrogens (tertiary/aromatic N) is 2. The Morgan fingerprint density at radius 3 is 3.11 bits per heavy atom. The molecule has 0 bridgehead atoms. The molecule has 0 aromatic carbocycles.